The molecule has 22 heavy (non-hydrogen) atoms. The predicted molar refractivity (Wildman–Crippen MR) is 74.6 cm³/mol. The van der Waals surface area contributed by atoms with Crippen molar-refractivity contribution >= 4 is 17.5 Å². The second-order valence-corrected chi connectivity index (χ2v) is 5.48. The summed E-state index contributed by atoms with van der Waals surface area (Å²) in [5.74, 6) is -4.97. The highest BCUT2D eigenvalue weighted by Crippen LogP contribution is 2.42. The number of rotatable bonds is 1. The van der Waals surface area contributed by atoms with Crippen LogP contribution in [0.25, 0.3) is 0 Å². The molecule has 0 heterocycles. The lowest BCUT2D eigenvalue weighted by Crippen LogP contribution is -2.49. The van der Waals surface area contributed by atoms with E-state index < -0.39 is 34.8 Å². The normalized spacial score (nSPS) is 27.2. The molecule has 2 aliphatic carbocycles. The van der Waals surface area contributed by atoms with Gasteiger partial charge in [-0.3, -0.25) is 14.4 Å². The number of aliphatic carboxylic acids is 1. The molecule has 6 nitrogen and oxygen atoms in total. The van der Waals surface area contributed by atoms with Crippen LogP contribution in [0.15, 0.2) is 47.2 Å². The van der Waals surface area contributed by atoms with Crippen LogP contribution in [0.2, 0.25) is 0 Å². The van der Waals surface area contributed by atoms with Crippen LogP contribution < -0.4 is 0 Å². The Hall–Kier alpha value is -2.73. The van der Waals surface area contributed by atoms with Crippen molar-refractivity contribution in [1.82, 2.24) is 0 Å². The molecule has 0 aliphatic heterocycles. The van der Waals surface area contributed by atoms with Gasteiger partial charge < -0.3 is 15.3 Å². The third-order valence-corrected chi connectivity index (χ3v) is 4.06. The zero-order chi connectivity index (χ0) is 16.2. The van der Waals surface area contributed by atoms with E-state index in [1.54, 1.807) is 12.1 Å². The van der Waals surface area contributed by atoms with Crippen molar-refractivity contribution in [3.8, 4) is 0 Å². The van der Waals surface area contributed by atoms with Gasteiger partial charge in [0.25, 0.3) is 0 Å². The fourth-order valence-corrected chi connectivity index (χ4v) is 3.07. The van der Waals surface area contributed by atoms with E-state index in [0.29, 0.717) is 0 Å². The van der Waals surface area contributed by atoms with E-state index in [0.717, 1.165) is 13.0 Å². The maximum atomic E-state index is 12.6. The molecule has 0 saturated carbocycles. The second-order valence-electron chi connectivity index (χ2n) is 5.48. The van der Waals surface area contributed by atoms with Crippen LogP contribution >= 0.6 is 0 Å². The molecule has 0 amide bonds. The Balaban J connectivity index is 2.30. The predicted octanol–water partition coefficient (Wildman–Crippen LogP) is 1.27. The lowest BCUT2D eigenvalue weighted by Gasteiger charge is -2.37. The molecule has 0 spiro atoms. The van der Waals surface area contributed by atoms with Crippen LogP contribution in [-0.2, 0) is 4.79 Å². The topological polar surface area (TPSA) is 112 Å². The van der Waals surface area contributed by atoms with Gasteiger partial charge >= 0.3 is 5.97 Å². The first kappa shape index (κ1) is 14.2. The zero-order valence-electron chi connectivity index (χ0n) is 11.5. The maximum absolute atomic E-state index is 12.6. The molecule has 0 radical (unpaired) electrons. The number of carboxylic acids is 1. The van der Waals surface area contributed by atoms with Gasteiger partial charge in [0.1, 0.15) is 17.3 Å². The summed E-state index contributed by atoms with van der Waals surface area (Å²) < 4.78 is 0. The molecule has 2 atom stereocenters. The van der Waals surface area contributed by atoms with Gasteiger partial charge in [0.05, 0.1) is 0 Å². The van der Waals surface area contributed by atoms with Gasteiger partial charge in [-0.15, -0.1) is 0 Å². The highest BCUT2D eigenvalue weighted by molar-refractivity contribution is 6.29. The first-order valence-corrected chi connectivity index (χ1v) is 6.55. The van der Waals surface area contributed by atoms with E-state index in [2.05, 4.69) is 0 Å². The number of benzene rings is 1. The number of carboxylic acid groups (broad SMARTS) is 1. The Morgan fingerprint density at radius 3 is 2.23 bits per heavy atom. The number of hydrogen-bond donors (Lipinski definition) is 3. The highest BCUT2D eigenvalue weighted by atomic mass is 16.4. The van der Waals surface area contributed by atoms with E-state index in [1.807, 2.05) is 0 Å². The van der Waals surface area contributed by atoms with Gasteiger partial charge in [0, 0.05) is 22.3 Å². The maximum Gasteiger partial charge on any atom is 0.317 e. The largest absolute Gasteiger partial charge is 0.511 e. The van der Waals surface area contributed by atoms with Crippen LogP contribution in [0.1, 0.15) is 27.6 Å². The first-order chi connectivity index (χ1) is 10.3. The molecule has 0 aromatic heterocycles. The van der Waals surface area contributed by atoms with Crippen molar-refractivity contribution in [2.45, 2.75) is 12.5 Å². The van der Waals surface area contributed by atoms with Crippen molar-refractivity contribution in [3.05, 3.63) is 58.4 Å². The van der Waals surface area contributed by atoms with Crippen LogP contribution in [0.4, 0.5) is 0 Å². The number of fused-ring (bicyclic) bond motifs is 1. The minimum absolute atomic E-state index is 0.116. The van der Waals surface area contributed by atoms with Crippen LogP contribution in [0.3, 0.4) is 0 Å². The summed E-state index contributed by atoms with van der Waals surface area (Å²) in [6.45, 7) is 1.11. The lowest BCUT2D eigenvalue weighted by atomic mass is 9.68. The highest BCUT2D eigenvalue weighted by Gasteiger charge is 2.52. The molecule has 0 fully saturated rings. The van der Waals surface area contributed by atoms with Gasteiger partial charge in [0.15, 0.2) is 11.6 Å². The fourth-order valence-electron chi connectivity index (χ4n) is 3.07. The van der Waals surface area contributed by atoms with E-state index in [-0.39, 0.29) is 22.3 Å². The Labute approximate surface area is 125 Å². The summed E-state index contributed by atoms with van der Waals surface area (Å²) in [5.41, 5.74) is -2.35. The molecule has 6 heteroatoms. The summed E-state index contributed by atoms with van der Waals surface area (Å²) >= 11 is 0. The molecule has 0 saturated heterocycles. The summed E-state index contributed by atoms with van der Waals surface area (Å²) in [6.07, 6.45) is 0.961. The van der Waals surface area contributed by atoms with Crippen LogP contribution in [0.5, 0.6) is 0 Å². The third kappa shape index (κ3) is 1.67. The molecule has 1 aromatic rings. The van der Waals surface area contributed by atoms with Crippen molar-refractivity contribution in [2.75, 3.05) is 0 Å². The minimum atomic E-state index is -2.18. The quantitative estimate of drug-likeness (QED) is 0.720. The molecule has 1 aromatic carbocycles. The molecule has 3 N–H and O–H groups in total. The Kier molecular flexibility index (Phi) is 2.83. The third-order valence-electron chi connectivity index (χ3n) is 4.06. The average Bonchev–Trinajstić information content (AvgIpc) is 2.42. The Morgan fingerprint density at radius 1 is 1.14 bits per heavy atom. The number of hydrogen-bond acceptors (Lipinski definition) is 5. The summed E-state index contributed by atoms with van der Waals surface area (Å²) in [5, 5.41) is 29.7. The number of Topliss-reactive ketones (excluding diaryl/α,β-unsaturated/α-hetero) is 2. The average molecular weight is 300 g/mol. The molecular formula is C16H12O6. The number of aliphatic hydroxyl groups excluding tert-OH is 1. The number of carbonyl (C=O) groups excluding carboxylic acids is 2. The van der Waals surface area contributed by atoms with Gasteiger partial charge in [-0.1, -0.05) is 24.3 Å². The monoisotopic (exact) mass is 300 g/mol. The molecule has 112 valence electrons. The first-order valence-electron chi connectivity index (χ1n) is 6.55. The number of aliphatic hydroxyl groups is 2. The van der Waals surface area contributed by atoms with E-state index in [9.17, 15) is 29.7 Å². The standard InChI is InChI=1S/C16H12O6/c1-16(22)11-9(6-10(17)12(16)15(20)21)13(18)7-4-2-3-5-8(7)14(11)19/h2-6,12,17,22H,1H3,(H,20,21). The van der Waals surface area contributed by atoms with Gasteiger partial charge in [0.2, 0.25) is 0 Å². The van der Waals surface area contributed by atoms with E-state index in [4.69, 9.17) is 0 Å². The molecular weight excluding hydrogens is 288 g/mol. The van der Waals surface area contributed by atoms with Gasteiger partial charge in [-0.25, -0.2) is 0 Å². The minimum Gasteiger partial charge on any atom is -0.511 e. The number of ketones is 2. The van der Waals surface area contributed by atoms with Crippen molar-refractivity contribution < 1.29 is 29.7 Å². The number of carbonyl (C=O) groups is 3. The van der Waals surface area contributed by atoms with Gasteiger partial charge in [-0.2, -0.15) is 0 Å². The molecule has 0 bridgehead atoms. The van der Waals surface area contributed by atoms with E-state index in [1.165, 1.54) is 12.1 Å². The van der Waals surface area contributed by atoms with Crippen LogP contribution in [-0.4, -0.2) is 38.5 Å². The SMILES string of the molecule is CC1(O)C2=C(C=C(O)C1C(=O)O)C(=O)c1ccccc1C2=O. The van der Waals surface area contributed by atoms with Crippen molar-refractivity contribution in [2.24, 2.45) is 5.92 Å². The van der Waals surface area contributed by atoms with Crippen LogP contribution in [0, 0.1) is 5.92 Å². The summed E-state index contributed by atoms with van der Waals surface area (Å²) in [7, 11) is 0. The summed E-state index contributed by atoms with van der Waals surface area (Å²) in [6, 6.07) is 6.10. The zero-order valence-corrected chi connectivity index (χ0v) is 11.5. The second kappa shape index (κ2) is 4.38. The summed E-state index contributed by atoms with van der Waals surface area (Å²) in [4.78, 5) is 36.4. The molecule has 2 aliphatic rings. The Morgan fingerprint density at radius 2 is 1.68 bits per heavy atom. The Bertz CT molecular complexity index is 797. The van der Waals surface area contributed by atoms with Crippen molar-refractivity contribution in [1.29, 1.82) is 0 Å². The van der Waals surface area contributed by atoms with Crippen molar-refractivity contribution in [3.63, 3.8) is 0 Å². The number of allylic oxidation sites excluding steroid dienone is 2. The molecule has 2 unspecified atom stereocenters. The van der Waals surface area contributed by atoms with E-state index >= 15 is 0 Å². The molecule has 3 rings (SSSR count). The smallest absolute Gasteiger partial charge is 0.317 e. The van der Waals surface area contributed by atoms with Gasteiger partial charge in [-0.05, 0) is 13.0 Å². The fraction of sp³-hybridized carbons (Fsp3) is 0.188. The lowest BCUT2D eigenvalue weighted by molar-refractivity contribution is -0.148.